The molecule has 3 aromatic rings. The third-order valence-electron chi connectivity index (χ3n) is 4.91. The van der Waals surface area contributed by atoms with E-state index in [0.29, 0.717) is 39.7 Å². The Hall–Kier alpha value is -4.22. The van der Waals surface area contributed by atoms with E-state index in [0.717, 1.165) is 5.56 Å². The first-order chi connectivity index (χ1) is 16.4. The van der Waals surface area contributed by atoms with Crippen LogP contribution in [0.3, 0.4) is 0 Å². The van der Waals surface area contributed by atoms with E-state index in [9.17, 15) is 15.4 Å². The highest BCUT2D eigenvalue weighted by molar-refractivity contribution is 6.32. The molecular weight excluding hydrogens is 460 g/mol. The summed E-state index contributed by atoms with van der Waals surface area (Å²) in [6, 6.07) is 16.8. The van der Waals surface area contributed by atoms with Crippen molar-refractivity contribution in [3.05, 3.63) is 86.4 Å². The average molecular weight is 481 g/mol. The third kappa shape index (κ3) is 5.57. The van der Waals surface area contributed by atoms with E-state index in [4.69, 9.17) is 30.5 Å². The van der Waals surface area contributed by atoms with Gasteiger partial charge in [-0.25, -0.2) is 0 Å². The number of nitrogens with zero attached hydrogens (tertiary/aromatic N) is 2. The van der Waals surface area contributed by atoms with Crippen molar-refractivity contribution < 1.29 is 23.9 Å². The minimum absolute atomic E-state index is 0.00159. The average Bonchev–Trinajstić information content (AvgIpc) is 2.86. The molecule has 0 saturated heterocycles. The second-order valence-corrected chi connectivity index (χ2v) is 7.39. The van der Waals surface area contributed by atoms with Gasteiger partial charge in [-0.05, 0) is 65.2 Å². The van der Waals surface area contributed by atoms with Gasteiger partial charge in [-0.3, -0.25) is 10.1 Å². The molecule has 0 heterocycles. The van der Waals surface area contributed by atoms with E-state index in [-0.39, 0.29) is 17.3 Å². The van der Waals surface area contributed by atoms with Crippen LogP contribution in [0.1, 0.15) is 16.7 Å². The molecule has 0 aliphatic rings. The van der Waals surface area contributed by atoms with Crippen molar-refractivity contribution in [2.24, 2.45) is 0 Å². The second kappa shape index (κ2) is 11.1. The first-order valence-electron chi connectivity index (χ1n) is 9.98. The molecule has 0 aromatic heterocycles. The van der Waals surface area contributed by atoms with Gasteiger partial charge in [-0.1, -0.05) is 11.6 Å². The predicted molar refractivity (Wildman–Crippen MR) is 128 cm³/mol. The van der Waals surface area contributed by atoms with Crippen molar-refractivity contribution in [1.29, 1.82) is 5.26 Å². The SMILES string of the molecule is COc1ccc(/C(C#N)=C/c2cc(Cl)c(OCc3ccc([N+](=O)[O-])cc3)c(OC)c2)cc1OC. The number of nitro groups is 1. The van der Waals surface area contributed by atoms with Gasteiger partial charge in [-0.15, -0.1) is 0 Å². The summed E-state index contributed by atoms with van der Waals surface area (Å²) in [5.41, 5.74) is 2.40. The maximum Gasteiger partial charge on any atom is 0.269 e. The third-order valence-corrected chi connectivity index (χ3v) is 5.19. The van der Waals surface area contributed by atoms with Crippen molar-refractivity contribution in [2.75, 3.05) is 21.3 Å². The molecule has 0 unspecified atom stereocenters. The van der Waals surface area contributed by atoms with Gasteiger partial charge < -0.3 is 18.9 Å². The number of nitro benzene ring substituents is 1. The molecule has 0 aliphatic carbocycles. The standard InChI is InChI=1S/C25H21ClN2O6/c1-31-22-9-6-18(13-23(22)32-2)19(14-27)10-17-11-21(26)25(24(12-17)33-3)34-15-16-4-7-20(8-5-16)28(29)30/h4-13H,15H2,1-3H3/b19-10+. The van der Waals surface area contributed by atoms with Crippen LogP contribution in [0.15, 0.2) is 54.6 Å². The topological polar surface area (TPSA) is 104 Å². The molecule has 34 heavy (non-hydrogen) atoms. The lowest BCUT2D eigenvalue weighted by atomic mass is 10.0. The Labute approximate surface area is 201 Å². The van der Waals surface area contributed by atoms with Crippen LogP contribution in [-0.4, -0.2) is 26.3 Å². The monoisotopic (exact) mass is 480 g/mol. The van der Waals surface area contributed by atoms with Crippen molar-refractivity contribution in [3.8, 4) is 29.1 Å². The Morgan fingerprint density at radius 3 is 2.26 bits per heavy atom. The summed E-state index contributed by atoms with van der Waals surface area (Å²) in [6.45, 7) is 0.137. The Kier molecular flexibility index (Phi) is 7.96. The molecule has 0 amide bonds. The number of hydrogen-bond donors (Lipinski definition) is 0. The lowest BCUT2D eigenvalue weighted by molar-refractivity contribution is -0.384. The fourth-order valence-corrected chi connectivity index (χ4v) is 3.46. The van der Waals surface area contributed by atoms with Gasteiger partial charge in [0.25, 0.3) is 5.69 Å². The van der Waals surface area contributed by atoms with Crippen LogP contribution in [0.25, 0.3) is 11.6 Å². The van der Waals surface area contributed by atoms with E-state index < -0.39 is 4.92 Å². The molecule has 0 saturated carbocycles. The van der Waals surface area contributed by atoms with Gasteiger partial charge in [0.2, 0.25) is 0 Å². The van der Waals surface area contributed by atoms with Gasteiger partial charge in [0.05, 0.1) is 42.9 Å². The Bertz CT molecular complexity index is 1270. The normalized spacial score (nSPS) is 10.9. The van der Waals surface area contributed by atoms with E-state index in [1.807, 2.05) is 0 Å². The highest BCUT2D eigenvalue weighted by Gasteiger charge is 2.14. The fraction of sp³-hybridized carbons (Fsp3) is 0.160. The maximum absolute atomic E-state index is 10.8. The molecule has 9 heteroatoms. The van der Waals surface area contributed by atoms with Gasteiger partial charge in [0.15, 0.2) is 23.0 Å². The summed E-state index contributed by atoms with van der Waals surface area (Å²) in [7, 11) is 4.55. The van der Waals surface area contributed by atoms with E-state index in [2.05, 4.69) is 6.07 Å². The van der Waals surface area contributed by atoms with E-state index in [1.165, 1.54) is 33.5 Å². The number of ether oxygens (including phenoxy) is 4. The van der Waals surface area contributed by atoms with Crippen LogP contribution in [0.2, 0.25) is 5.02 Å². The molecule has 174 valence electrons. The maximum atomic E-state index is 10.8. The summed E-state index contributed by atoms with van der Waals surface area (Å²) in [5, 5.41) is 20.8. The smallest absolute Gasteiger partial charge is 0.269 e. The predicted octanol–water partition coefficient (Wildman–Crippen LogP) is 5.92. The molecule has 0 spiro atoms. The molecule has 0 N–H and O–H groups in total. The Morgan fingerprint density at radius 2 is 1.68 bits per heavy atom. The van der Waals surface area contributed by atoms with Crippen molar-refractivity contribution >= 4 is 28.9 Å². The molecule has 8 nitrogen and oxygen atoms in total. The first-order valence-corrected chi connectivity index (χ1v) is 10.4. The summed E-state index contributed by atoms with van der Waals surface area (Å²) in [4.78, 5) is 10.3. The first kappa shape index (κ1) is 24.4. The number of methoxy groups -OCH3 is 3. The van der Waals surface area contributed by atoms with Gasteiger partial charge >= 0.3 is 0 Å². The number of allylic oxidation sites excluding steroid dienone is 1. The van der Waals surface area contributed by atoms with Gasteiger partial charge in [-0.2, -0.15) is 5.26 Å². The minimum Gasteiger partial charge on any atom is -0.493 e. The minimum atomic E-state index is -0.464. The number of hydrogen-bond acceptors (Lipinski definition) is 7. The summed E-state index contributed by atoms with van der Waals surface area (Å²) in [5.74, 6) is 1.77. The van der Waals surface area contributed by atoms with Crippen LogP contribution < -0.4 is 18.9 Å². The van der Waals surface area contributed by atoms with Crippen molar-refractivity contribution in [3.63, 3.8) is 0 Å². The molecule has 0 radical (unpaired) electrons. The number of non-ortho nitro benzene ring substituents is 1. The second-order valence-electron chi connectivity index (χ2n) is 6.99. The fourth-order valence-electron chi connectivity index (χ4n) is 3.18. The Morgan fingerprint density at radius 1 is 1.00 bits per heavy atom. The van der Waals surface area contributed by atoms with Crippen LogP contribution in [0, 0.1) is 21.4 Å². The molecule has 3 aromatic carbocycles. The Balaban J connectivity index is 1.87. The van der Waals surface area contributed by atoms with Crippen molar-refractivity contribution in [2.45, 2.75) is 6.61 Å². The molecular formula is C25H21ClN2O6. The summed E-state index contributed by atoms with van der Waals surface area (Å²) < 4.78 is 21.8. The number of halogens is 1. The van der Waals surface area contributed by atoms with Gasteiger partial charge in [0.1, 0.15) is 6.61 Å². The molecule has 3 rings (SSSR count). The zero-order chi connectivity index (χ0) is 24.7. The van der Waals surface area contributed by atoms with Crippen LogP contribution in [0.5, 0.6) is 23.0 Å². The lowest BCUT2D eigenvalue weighted by Gasteiger charge is -2.14. The zero-order valence-corrected chi connectivity index (χ0v) is 19.5. The van der Waals surface area contributed by atoms with E-state index in [1.54, 1.807) is 48.5 Å². The number of nitriles is 1. The van der Waals surface area contributed by atoms with Crippen LogP contribution in [-0.2, 0) is 6.61 Å². The van der Waals surface area contributed by atoms with Gasteiger partial charge in [0, 0.05) is 12.1 Å². The highest BCUT2D eigenvalue weighted by atomic mass is 35.5. The largest absolute Gasteiger partial charge is 0.493 e. The number of benzene rings is 3. The van der Waals surface area contributed by atoms with Crippen LogP contribution >= 0.6 is 11.6 Å². The molecule has 0 atom stereocenters. The van der Waals surface area contributed by atoms with Crippen LogP contribution in [0.4, 0.5) is 5.69 Å². The summed E-state index contributed by atoms with van der Waals surface area (Å²) >= 11 is 6.46. The molecule has 0 aliphatic heterocycles. The molecule has 0 bridgehead atoms. The molecule has 0 fully saturated rings. The van der Waals surface area contributed by atoms with E-state index >= 15 is 0 Å². The van der Waals surface area contributed by atoms with Crippen molar-refractivity contribution in [1.82, 2.24) is 0 Å². The quantitative estimate of drug-likeness (QED) is 0.162. The number of rotatable bonds is 9. The zero-order valence-electron chi connectivity index (χ0n) is 18.7. The highest BCUT2D eigenvalue weighted by Crippen LogP contribution is 2.38. The summed E-state index contributed by atoms with van der Waals surface area (Å²) in [6.07, 6.45) is 1.68. The lowest BCUT2D eigenvalue weighted by Crippen LogP contribution is -1.99.